The molecular weight excluding hydrogens is 455 g/mol. The molecule has 0 spiro atoms. The van der Waals surface area contributed by atoms with Gasteiger partial charge in [-0.1, -0.05) is 17.7 Å². The first-order valence-electron chi connectivity index (χ1n) is 8.97. The summed E-state index contributed by atoms with van der Waals surface area (Å²) in [4.78, 5) is 24.3. The summed E-state index contributed by atoms with van der Waals surface area (Å²) < 4.78 is 50.7. The number of fused-ring (bicyclic) bond motifs is 1. The van der Waals surface area contributed by atoms with Crippen LogP contribution in [-0.4, -0.2) is 33.6 Å². The molecule has 0 aliphatic carbocycles. The number of aromatic carboxylic acids is 1. The Balaban J connectivity index is 1.67. The van der Waals surface area contributed by atoms with Crippen LogP contribution in [0, 0.1) is 6.92 Å². The number of benzene rings is 2. The molecule has 0 bridgehead atoms. The Morgan fingerprint density at radius 2 is 1.88 bits per heavy atom. The lowest BCUT2D eigenvalue weighted by molar-refractivity contribution is -0.141. The van der Waals surface area contributed by atoms with Crippen LogP contribution < -0.4 is 14.8 Å². The minimum Gasteiger partial charge on any atom is -0.478 e. The minimum atomic E-state index is -4.74. The van der Waals surface area contributed by atoms with E-state index in [1.807, 2.05) is 0 Å². The molecule has 0 atom stereocenters. The third-order valence-corrected chi connectivity index (χ3v) is 5.11. The Kier molecular flexibility index (Phi) is 5.21. The number of amides is 1. The first-order chi connectivity index (χ1) is 15.1. The van der Waals surface area contributed by atoms with E-state index >= 15 is 0 Å². The zero-order valence-electron chi connectivity index (χ0n) is 16.2. The molecule has 1 aromatic heterocycles. The number of hydrogen-bond acceptors (Lipinski definition) is 5. The highest BCUT2D eigenvalue weighted by molar-refractivity contribution is 6.32. The molecule has 0 saturated carbocycles. The first kappa shape index (κ1) is 21.5. The van der Waals surface area contributed by atoms with Crippen molar-refractivity contribution in [3.63, 3.8) is 0 Å². The maximum absolute atomic E-state index is 13.1. The van der Waals surface area contributed by atoms with Crippen LogP contribution in [0.3, 0.4) is 0 Å². The quantitative estimate of drug-likeness (QED) is 0.584. The number of ether oxygens (including phenoxy) is 2. The normalized spacial score (nSPS) is 12.7. The Bertz CT molecular complexity index is 1260. The van der Waals surface area contributed by atoms with Gasteiger partial charge in [0.1, 0.15) is 0 Å². The van der Waals surface area contributed by atoms with Crippen LogP contribution in [0.2, 0.25) is 5.02 Å². The molecule has 2 aromatic carbocycles. The summed E-state index contributed by atoms with van der Waals surface area (Å²) in [5.74, 6) is -1.50. The number of hydrogen-bond donors (Lipinski definition) is 2. The van der Waals surface area contributed by atoms with E-state index in [0.717, 1.165) is 4.68 Å². The minimum absolute atomic E-state index is 0.0326. The molecule has 0 unspecified atom stereocenters. The maximum Gasteiger partial charge on any atom is 0.436 e. The Labute approximate surface area is 183 Å². The van der Waals surface area contributed by atoms with E-state index in [9.17, 15) is 27.9 Å². The smallest absolute Gasteiger partial charge is 0.436 e. The number of nitrogens with zero attached hydrogens (tertiary/aromatic N) is 2. The second kappa shape index (κ2) is 7.75. The number of carboxylic acids is 1. The number of nitrogens with one attached hydrogen (secondary N) is 1. The van der Waals surface area contributed by atoms with Crippen LogP contribution in [0.5, 0.6) is 11.5 Å². The van der Waals surface area contributed by atoms with Crippen molar-refractivity contribution in [2.24, 2.45) is 0 Å². The van der Waals surface area contributed by atoms with Gasteiger partial charge in [0.15, 0.2) is 17.2 Å². The fourth-order valence-electron chi connectivity index (χ4n) is 3.11. The number of carbonyl (C=O) groups is 2. The zero-order chi connectivity index (χ0) is 23.2. The molecule has 2 heterocycles. The predicted octanol–water partition coefficient (Wildman–Crippen LogP) is 4.53. The van der Waals surface area contributed by atoms with Gasteiger partial charge < -0.3 is 19.9 Å². The third kappa shape index (κ3) is 3.82. The summed E-state index contributed by atoms with van der Waals surface area (Å²) in [5.41, 5.74) is -1.23. The molecule has 0 saturated heterocycles. The van der Waals surface area contributed by atoms with E-state index in [2.05, 4.69) is 10.4 Å². The van der Waals surface area contributed by atoms with Crippen molar-refractivity contribution in [3.8, 4) is 17.2 Å². The molecule has 166 valence electrons. The van der Waals surface area contributed by atoms with E-state index in [1.54, 1.807) is 0 Å². The summed E-state index contributed by atoms with van der Waals surface area (Å²) in [5, 5.41) is 14.9. The van der Waals surface area contributed by atoms with Gasteiger partial charge in [0.25, 0.3) is 5.91 Å². The van der Waals surface area contributed by atoms with Gasteiger partial charge in [-0.15, -0.1) is 0 Å². The highest BCUT2D eigenvalue weighted by Crippen LogP contribution is 2.38. The van der Waals surface area contributed by atoms with Crippen LogP contribution in [-0.2, 0) is 6.18 Å². The highest BCUT2D eigenvalue weighted by Gasteiger charge is 2.38. The molecule has 1 aliphatic rings. The number of anilines is 1. The van der Waals surface area contributed by atoms with Crippen molar-refractivity contribution >= 4 is 29.2 Å². The van der Waals surface area contributed by atoms with Crippen LogP contribution in [0.1, 0.15) is 32.1 Å². The van der Waals surface area contributed by atoms with Crippen molar-refractivity contribution in [2.45, 2.75) is 13.1 Å². The molecule has 4 rings (SSSR count). The van der Waals surface area contributed by atoms with Gasteiger partial charge in [0.05, 0.1) is 27.7 Å². The molecule has 32 heavy (non-hydrogen) atoms. The highest BCUT2D eigenvalue weighted by atomic mass is 35.5. The van der Waals surface area contributed by atoms with Gasteiger partial charge in [-0.3, -0.25) is 4.79 Å². The Morgan fingerprint density at radius 1 is 1.19 bits per heavy atom. The van der Waals surface area contributed by atoms with E-state index < -0.39 is 28.8 Å². The molecule has 2 N–H and O–H groups in total. The second-order valence-electron chi connectivity index (χ2n) is 6.72. The van der Waals surface area contributed by atoms with E-state index in [0.29, 0.717) is 0 Å². The number of carboxylic acid groups (broad SMARTS) is 1. The van der Waals surface area contributed by atoms with Crippen molar-refractivity contribution < 1.29 is 37.3 Å². The van der Waals surface area contributed by atoms with Crippen LogP contribution in [0.15, 0.2) is 36.4 Å². The van der Waals surface area contributed by atoms with Crippen molar-refractivity contribution in [1.82, 2.24) is 9.78 Å². The van der Waals surface area contributed by atoms with Crippen LogP contribution in [0.4, 0.5) is 18.9 Å². The molecule has 0 radical (unpaired) electrons. The van der Waals surface area contributed by atoms with Crippen LogP contribution >= 0.6 is 11.6 Å². The average Bonchev–Trinajstić information content (AvgIpc) is 3.31. The lowest BCUT2D eigenvalue weighted by Gasteiger charge is -2.11. The monoisotopic (exact) mass is 467 g/mol. The number of halogens is 4. The third-order valence-electron chi connectivity index (χ3n) is 4.66. The molecule has 1 amide bonds. The lowest BCUT2D eigenvalue weighted by atomic mass is 10.1. The second-order valence-corrected chi connectivity index (χ2v) is 7.10. The largest absolute Gasteiger partial charge is 0.478 e. The topological polar surface area (TPSA) is 103 Å². The summed E-state index contributed by atoms with van der Waals surface area (Å²) in [6.45, 7) is 1.28. The van der Waals surface area contributed by atoms with E-state index in [4.69, 9.17) is 21.1 Å². The first-order valence-corrected chi connectivity index (χ1v) is 9.35. The van der Waals surface area contributed by atoms with Crippen molar-refractivity contribution in [3.05, 3.63) is 63.9 Å². The van der Waals surface area contributed by atoms with Crippen LogP contribution in [0.25, 0.3) is 5.69 Å². The molecule has 3 aromatic rings. The zero-order valence-corrected chi connectivity index (χ0v) is 16.9. The van der Waals surface area contributed by atoms with Crippen molar-refractivity contribution in [2.75, 3.05) is 12.1 Å². The molecule has 8 nitrogen and oxygen atoms in total. The molecule has 0 fully saturated rings. The molecule has 12 heteroatoms. The van der Waals surface area contributed by atoms with Gasteiger partial charge in [-0.25, -0.2) is 9.48 Å². The van der Waals surface area contributed by atoms with Gasteiger partial charge in [0.2, 0.25) is 6.79 Å². The summed E-state index contributed by atoms with van der Waals surface area (Å²) >= 11 is 5.79. The van der Waals surface area contributed by atoms with E-state index in [1.165, 1.54) is 43.3 Å². The number of carbonyl (C=O) groups excluding carboxylic acids is 1. The van der Waals surface area contributed by atoms with Crippen molar-refractivity contribution in [1.29, 1.82) is 0 Å². The number of aromatic nitrogens is 2. The average molecular weight is 468 g/mol. The Morgan fingerprint density at radius 3 is 2.50 bits per heavy atom. The lowest BCUT2D eigenvalue weighted by Crippen LogP contribution is -2.15. The Hall–Kier alpha value is -3.73. The van der Waals surface area contributed by atoms with Gasteiger partial charge in [-0.2, -0.15) is 18.3 Å². The van der Waals surface area contributed by atoms with Gasteiger partial charge in [0, 0.05) is 17.7 Å². The summed E-state index contributed by atoms with van der Waals surface area (Å²) in [6.07, 6.45) is -4.74. The summed E-state index contributed by atoms with van der Waals surface area (Å²) in [6, 6.07) is 8.17. The number of alkyl halides is 3. The predicted molar refractivity (Wildman–Crippen MR) is 106 cm³/mol. The molecule has 1 aliphatic heterocycles. The van der Waals surface area contributed by atoms with E-state index in [-0.39, 0.29) is 46.5 Å². The van der Waals surface area contributed by atoms with Gasteiger partial charge >= 0.3 is 12.1 Å². The molecular formula is C20H13ClF3N3O5. The fraction of sp³-hybridized carbons (Fsp3) is 0.150. The SMILES string of the molecule is Cc1c(Cl)c(C(F)(F)F)nn1-c1cccc(C(=O)Nc2cc3c(cc2C(=O)O)OCO3)c1. The number of rotatable bonds is 4. The fourth-order valence-corrected chi connectivity index (χ4v) is 3.34. The van der Waals surface area contributed by atoms with Gasteiger partial charge in [-0.05, 0) is 25.1 Å². The maximum atomic E-state index is 13.1. The standard InChI is InChI=1S/C20H13ClF3N3O5/c1-9-16(21)17(20(22,23)24)26-27(9)11-4-2-3-10(5-11)18(28)25-13-7-15-14(31-8-32-15)6-12(13)19(29)30/h2-7H,8H2,1H3,(H,25,28)(H,29,30). The summed E-state index contributed by atoms with van der Waals surface area (Å²) in [7, 11) is 0.